The number of aromatic hydroxyl groups is 1. The highest BCUT2D eigenvalue weighted by Gasteiger charge is 2.24. The van der Waals surface area contributed by atoms with Gasteiger partial charge in [-0.05, 0) is 35.6 Å². The summed E-state index contributed by atoms with van der Waals surface area (Å²) in [4.78, 5) is 20.5. The van der Waals surface area contributed by atoms with Gasteiger partial charge in [0, 0.05) is 13.1 Å². The third-order valence-corrected chi connectivity index (χ3v) is 3.83. The van der Waals surface area contributed by atoms with Crippen molar-refractivity contribution < 1.29 is 9.84 Å². The molecule has 18 heavy (non-hydrogen) atoms. The summed E-state index contributed by atoms with van der Waals surface area (Å²) >= 11 is 1.77. The molecule has 2 heterocycles. The Balaban J connectivity index is 2.18. The van der Waals surface area contributed by atoms with Gasteiger partial charge >= 0.3 is 0 Å². The van der Waals surface area contributed by atoms with E-state index in [1.54, 1.807) is 22.6 Å². The molecule has 1 fully saturated rings. The molecule has 7 heteroatoms. The van der Waals surface area contributed by atoms with Gasteiger partial charge in [-0.25, -0.2) is 0 Å². The molecule has 0 aliphatic carbocycles. The minimum atomic E-state index is -0.325. The Morgan fingerprint density at radius 2 is 2.44 bits per heavy atom. The number of morpholine rings is 1. The van der Waals surface area contributed by atoms with E-state index >= 15 is 0 Å². The lowest BCUT2D eigenvalue weighted by Crippen LogP contribution is -2.39. The highest BCUT2D eigenvalue weighted by Crippen LogP contribution is 2.21. The highest BCUT2D eigenvalue weighted by atomic mass is 127. The number of ether oxygens (including phenoxy) is 1. The Morgan fingerprint density at radius 3 is 3.11 bits per heavy atom. The van der Waals surface area contributed by atoms with Crippen LogP contribution in [-0.4, -0.2) is 46.2 Å². The van der Waals surface area contributed by atoms with Crippen LogP contribution in [0.5, 0.6) is 5.88 Å². The quantitative estimate of drug-likeness (QED) is 0.778. The van der Waals surface area contributed by atoms with E-state index in [1.807, 2.05) is 0 Å². The van der Waals surface area contributed by atoms with E-state index in [9.17, 15) is 9.90 Å². The first-order valence-electron chi connectivity index (χ1n) is 5.94. The third-order valence-electron chi connectivity index (χ3n) is 2.86. The fourth-order valence-electron chi connectivity index (χ4n) is 2.00. The van der Waals surface area contributed by atoms with Crippen molar-refractivity contribution >= 4 is 22.6 Å². The maximum atomic E-state index is 11.6. The summed E-state index contributed by atoms with van der Waals surface area (Å²) in [6.45, 7) is 5.32. The van der Waals surface area contributed by atoms with Gasteiger partial charge < -0.3 is 14.8 Å². The first-order chi connectivity index (χ1) is 8.61. The predicted octanol–water partition coefficient (Wildman–Crippen LogP) is 0.863. The first kappa shape index (κ1) is 13.8. The van der Waals surface area contributed by atoms with Gasteiger partial charge in [0.15, 0.2) is 0 Å². The smallest absolute Gasteiger partial charge is 0.268 e. The number of aromatic nitrogens is 2. The molecule has 0 amide bonds. The average Bonchev–Trinajstić information content (AvgIpc) is 2.36. The fourth-order valence-corrected chi connectivity index (χ4v) is 2.26. The average molecular weight is 365 g/mol. The molecule has 1 aliphatic rings. The molecule has 1 aromatic rings. The van der Waals surface area contributed by atoms with Gasteiger partial charge in [0.1, 0.15) is 15.5 Å². The molecule has 1 unspecified atom stereocenters. The normalized spacial score (nSPS) is 21.1. The standard InChI is InChI=1S/C11H16IN3O3/c1-2-3-15-4-5-18-7(6-15)9-13-10(16)8(12)11(17)14-9/h7H,2-6H2,1H3,(H2,13,14,16,17). The molecule has 6 nitrogen and oxygen atoms in total. The summed E-state index contributed by atoms with van der Waals surface area (Å²) in [5, 5.41) is 9.57. The number of aromatic amines is 1. The second kappa shape index (κ2) is 5.98. The molecule has 1 atom stereocenters. The van der Waals surface area contributed by atoms with Crippen LogP contribution >= 0.6 is 22.6 Å². The van der Waals surface area contributed by atoms with Gasteiger partial charge in [-0.15, -0.1) is 0 Å². The molecule has 0 spiro atoms. The summed E-state index contributed by atoms with van der Waals surface area (Å²) in [6, 6.07) is 0. The summed E-state index contributed by atoms with van der Waals surface area (Å²) < 4.78 is 5.81. The predicted molar refractivity (Wildman–Crippen MR) is 74.7 cm³/mol. The van der Waals surface area contributed by atoms with E-state index in [2.05, 4.69) is 21.8 Å². The molecule has 0 bridgehead atoms. The van der Waals surface area contributed by atoms with Crippen molar-refractivity contribution in [3.63, 3.8) is 0 Å². The Morgan fingerprint density at radius 1 is 1.67 bits per heavy atom. The molecule has 0 saturated carbocycles. The molecule has 1 aromatic heterocycles. The maximum absolute atomic E-state index is 11.6. The molecule has 2 rings (SSSR count). The maximum Gasteiger partial charge on any atom is 0.268 e. The Kier molecular flexibility index (Phi) is 4.57. The van der Waals surface area contributed by atoms with Crippen molar-refractivity contribution in [3.8, 4) is 5.88 Å². The summed E-state index contributed by atoms with van der Waals surface area (Å²) in [6.07, 6.45) is 0.801. The minimum absolute atomic E-state index is 0.206. The Bertz CT molecular complexity index is 475. The number of halogens is 1. The number of hydrogen-bond donors (Lipinski definition) is 2. The lowest BCUT2D eigenvalue weighted by Gasteiger charge is -2.31. The van der Waals surface area contributed by atoms with E-state index in [1.165, 1.54) is 0 Å². The molecule has 100 valence electrons. The van der Waals surface area contributed by atoms with Crippen LogP contribution in [-0.2, 0) is 4.74 Å². The Labute approximate surface area is 119 Å². The van der Waals surface area contributed by atoms with Gasteiger partial charge in [0.05, 0.1) is 6.61 Å². The van der Waals surface area contributed by atoms with Gasteiger partial charge in [-0.3, -0.25) is 9.69 Å². The molecule has 1 saturated heterocycles. The van der Waals surface area contributed by atoms with Crippen molar-refractivity contribution in [1.82, 2.24) is 14.9 Å². The van der Waals surface area contributed by atoms with Crippen molar-refractivity contribution in [2.75, 3.05) is 26.2 Å². The first-order valence-corrected chi connectivity index (χ1v) is 7.02. The second-order valence-electron chi connectivity index (χ2n) is 4.25. The van der Waals surface area contributed by atoms with Crippen molar-refractivity contribution in [3.05, 3.63) is 19.7 Å². The minimum Gasteiger partial charge on any atom is -0.492 e. The number of rotatable bonds is 3. The van der Waals surface area contributed by atoms with Crippen LogP contribution in [0, 0.1) is 3.57 Å². The van der Waals surface area contributed by atoms with Gasteiger partial charge in [0.2, 0.25) is 5.88 Å². The summed E-state index contributed by atoms with van der Waals surface area (Å²) in [5.41, 5.74) is -0.325. The van der Waals surface area contributed by atoms with Gasteiger partial charge in [-0.2, -0.15) is 4.98 Å². The van der Waals surface area contributed by atoms with Gasteiger partial charge in [-0.1, -0.05) is 6.92 Å². The van der Waals surface area contributed by atoms with E-state index < -0.39 is 0 Å². The highest BCUT2D eigenvalue weighted by molar-refractivity contribution is 14.1. The summed E-state index contributed by atoms with van der Waals surface area (Å²) in [7, 11) is 0. The van der Waals surface area contributed by atoms with Crippen LogP contribution in [0.4, 0.5) is 0 Å². The number of nitrogens with one attached hydrogen (secondary N) is 1. The topological polar surface area (TPSA) is 78.5 Å². The van der Waals surface area contributed by atoms with E-state index in [0.29, 0.717) is 19.0 Å². The zero-order chi connectivity index (χ0) is 13.1. The molecule has 0 radical (unpaired) electrons. The second-order valence-corrected chi connectivity index (χ2v) is 5.33. The molecule has 0 aromatic carbocycles. The third kappa shape index (κ3) is 3.01. The summed E-state index contributed by atoms with van der Waals surface area (Å²) in [5.74, 6) is 0.171. The van der Waals surface area contributed by atoms with Crippen LogP contribution in [0.3, 0.4) is 0 Å². The van der Waals surface area contributed by atoms with Crippen molar-refractivity contribution in [1.29, 1.82) is 0 Å². The van der Waals surface area contributed by atoms with Crippen LogP contribution in [0.15, 0.2) is 4.79 Å². The van der Waals surface area contributed by atoms with Crippen LogP contribution in [0.1, 0.15) is 25.3 Å². The van der Waals surface area contributed by atoms with Crippen molar-refractivity contribution in [2.24, 2.45) is 0 Å². The van der Waals surface area contributed by atoms with Crippen LogP contribution < -0.4 is 5.56 Å². The zero-order valence-corrected chi connectivity index (χ0v) is 12.3. The molecular formula is C11H16IN3O3. The molecular weight excluding hydrogens is 349 g/mol. The van der Waals surface area contributed by atoms with Crippen LogP contribution in [0.25, 0.3) is 0 Å². The lowest BCUT2D eigenvalue weighted by atomic mass is 10.2. The van der Waals surface area contributed by atoms with Crippen molar-refractivity contribution in [2.45, 2.75) is 19.4 Å². The van der Waals surface area contributed by atoms with Gasteiger partial charge in [0.25, 0.3) is 5.56 Å². The monoisotopic (exact) mass is 365 g/mol. The zero-order valence-electron chi connectivity index (χ0n) is 10.1. The Hall–Kier alpha value is -0.670. The van der Waals surface area contributed by atoms with E-state index in [-0.39, 0.29) is 21.1 Å². The molecule has 1 aliphatic heterocycles. The number of H-pyrrole nitrogens is 1. The number of nitrogens with zero attached hydrogens (tertiary/aromatic N) is 2. The van der Waals surface area contributed by atoms with E-state index in [0.717, 1.165) is 19.5 Å². The van der Waals surface area contributed by atoms with Crippen LogP contribution in [0.2, 0.25) is 0 Å². The van der Waals surface area contributed by atoms with E-state index in [4.69, 9.17) is 4.74 Å². The SMILES string of the molecule is CCCN1CCOC(c2nc(O)c(I)c(=O)[nH]2)C1. The molecule has 2 N–H and O–H groups in total. The lowest BCUT2D eigenvalue weighted by molar-refractivity contribution is -0.0345. The largest absolute Gasteiger partial charge is 0.492 e. The fraction of sp³-hybridized carbons (Fsp3) is 0.636. The number of hydrogen-bond acceptors (Lipinski definition) is 5.